The maximum atomic E-state index is 12.7. The Balaban J connectivity index is 2.53. The number of aldehydes is 1. The van der Waals surface area contributed by atoms with Crippen molar-refractivity contribution in [1.29, 1.82) is 0 Å². The van der Waals surface area contributed by atoms with E-state index >= 15 is 0 Å². The molecule has 4 heteroatoms. The van der Waals surface area contributed by atoms with Gasteiger partial charge in [0.25, 0.3) is 0 Å². The molecule has 0 atom stereocenters. The molecular weight excluding hydrogens is 296 g/mol. The molecule has 0 saturated carbocycles. The van der Waals surface area contributed by atoms with E-state index in [9.17, 15) is 13.2 Å². The second kappa shape index (κ2) is 6.05. The van der Waals surface area contributed by atoms with Crippen LogP contribution in [0.15, 0.2) is 53.4 Å². The Morgan fingerprint density at radius 3 is 2.09 bits per heavy atom. The van der Waals surface area contributed by atoms with Crippen LogP contribution in [-0.2, 0) is 9.84 Å². The van der Waals surface area contributed by atoms with Gasteiger partial charge in [0.1, 0.15) is 6.29 Å². The van der Waals surface area contributed by atoms with E-state index in [1.165, 1.54) is 0 Å². The van der Waals surface area contributed by atoms with Crippen LogP contribution in [0.4, 0.5) is 0 Å². The summed E-state index contributed by atoms with van der Waals surface area (Å²) in [5, 5.41) is 0. The molecule has 0 radical (unpaired) electrons. The highest BCUT2D eigenvalue weighted by Crippen LogP contribution is 2.30. The normalized spacial score (nSPS) is 12.1. The van der Waals surface area contributed by atoms with E-state index in [-0.39, 0.29) is 11.2 Å². The highest BCUT2D eigenvalue weighted by atomic mass is 32.2. The largest absolute Gasteiger partial charge is 0.298 e. The predicted octanol–water partition coefficient (Wildman–Crippen LogP) is 3.99. The second-order valence-electron chi connectivity index (χ2n) is 6.56. The predicted molar refractivity (Wildman–Crippen MR) is 88.8 cm³/mol. The molecule has 2 rings (SSSR count). The van der Waals surface area contributed by atoms with Crippen molar-refractivity contribution in [2.75, 3.05) is 5.75 Å². The van der Waals surface area contributed by atoms with E-state index in [0.29, 0.717) is 16.0 Å². The van der Waals surface area contributed by atoms with Crippen molar-refractivity contribution in [2.45, 2.75) is 25.7 Å². The minimum absolute atomic E-state index is 0.0867. The van der Waals surface area contributed by atoms with Gasteiger partial charge in [-0.1, -0.05) is 63.2 Å². The van der Waals surface area contributed by atoms with Gasteiger partial charge in [0.2, 0.25) is 0 Å². The molecule has 2 aromatic carbocycles. The van der Waals surface area contributed by atoms with Gasteiger partial charge in [-0.25, -0.2) is 8.42 Å². The molecule has 0 spiro atoms. The molecule has 116 valence electrons. The molecule has 0 heterocycles. The van der Waals surface area contributed by atoms with E-state index in [4.69, 9.17) is 0 Å². The third kappa shape index (κ3) is 3.83. The van der Waals surface area contributed by atoms with Crippen LogP contribution >= 0.6 is 0 Å². The minimum Gasteiger partial charge on any atom is -0.298 e. The third-order valence-electron chi connectivity index (χ3n) is 3.20. The number of hydrogen-bond acceptors (Lipinski definition) is 3. The van der Waals surface area contributed by atoms with Gasteiger partial charge in [0.15, 0.2) is 9.84 Å². The summed E-state index contributed by atoms with van der Waals surface area (Å²) >= 11 is 0. The fraction of sp³-hybridized carbons (Fsp3) is 0.278. The molecule has 0 fully saturated rings. The lowest BCUT2D eigenvalue weighted by molar-refractivity contribution is 0.112. The van der Waals surface area contributed by atoms with E-state index in [1.54, 1.807) is 42.5 Å². The van der Waals surface area contributed by atoms with Crippen LogP contribution in [0.2, 0.25) is 0 Å². The zero-order valence-corrected chi connectivity index (χ0v) is 13.9. The first-order chi connectivity index (χ1) is 10.2. The van der Waals surface area contributed by atoms with Crippen LogP contribution in [0.3, 0.4) is 0 Å². The number of benzene rings is 2. The number of sulfone groups is 1. The van der Waals surface area contributed by atoms with Crippen molar-refractivity contribution in [3.05, 3.63) is 54.1 Å². The molecule has 0 aliphatic carbocycles. The van der Waals surface area contributed by atoms with Crippen molar-refractivity contribution < 1.29 is 13.2 Å². The van der Waals surface area contributed by atoms with Crippen molar-refractivity contribution in [3.63, 3.8) is 0 Å². The van der Waals surface area contributed by atoms with Crippen LogP contribution in [0.1, 0.15) is 31.1 Å². The van der Waals surface area contributed by atoms with E-state index < -0.39 is 9.84 Å². The van der Waals surface area contributed by atoms with Gasteiger partial charge in [0, 0.05) is 11.1 Å². The number of hydrogen-bond donors (Lipinski definition) is 0. The summed E-state index contributed by atoms with van der Waals surface area (Å²) in [6.07, 6.45) is 0.770. The maximum absolute atomic E-state index is 12.7. The maximum Gasteiger partial charge on any atom is 0.179 e. The van der Waals surface area contributed by atoms with Crippen LogP contribution < -0.4 is 0 Å². The lowest BCUT2D eigenvalue weighted by Crippen LogP contribution is -2.21. The Hall–Kier alpha value is -1.94. The zero-order valence-electron chi connectivity index (χ0n) is 13.0. The highest BCUT2D eigenvalue weighted by Gasteiger charge is 2.25. The first kappa shape index (κ1) is 16.4. The summed E-state index contributed by atoms with van der Waals surface area (Å²) in [7, 11) is -3.38. The van der Waals surface area contributed by atoms with E-state index in [1.807, 2.05) is 26.8 Å². The van der Waals surface area contributed by atoms with Crippen molar-refractivity contribution in [3.8, 4) is 11.1 Å². The molecule has 22 heavy (non-hydrogen) atoms. The average molecular weight is 316 g/mol. The number of rotatable bonds is 4. The Labute approximate surface area is 131 Å². The summed E-state index contributed by atoms with van der Waals surface area (Å²) < 4.78 is 25.4. The summed E-state index contributed by atoms with van der Waals surface area (Å²) in [6, 6.07) is 13.9. The molecule has 2 aromatic rings. The summed E-state index contributed by atoms with van der Waals surface area (Å²) in [4.78, 5) is 11.1. The van der Waals surface area contributed by atoms with E-state index in [2.05, 4.69) is 0 Å². The molecular formula is C18H20O3S. The highest BCUT2D eigenvalue weighted by molar-refractivity contribution is 7.91. The van der Waals surface area contributed by atoms with Crippen molar-refractivity contribution >= 4 is 16.1 Å². The molecule has 0 N–H and O–H groups in total. The average Bonchev–Trinajstić information content (AvgIpc) is 2.45. The van der Waals surface area contributed by atoms with Gasteiger partial charge in [-0.2, -0.15) is 0 Å². The first-order valence-electron chi connectivity index (χ1n) is 7.10. The molecule has 0 unspecified atom stereocenters. The van der Waals surface area contributed by atoms with Crippen LogP contribution in [0, 0.1) is 5.41 Å². The van der Waals surface area contributed by atoms with Crippen molar-refractivity contribution in [1.82, 2.24) is 0 Å². The topological polar surface area (TPSA) is 51.2 Å². The van der Waals surface area contributed by atoms with Gasteiger partial charge >= 0.3 is 0 Å². The Morgan fingerprint density at radius 2 is 1.55 bits per heavy atom. The molecule has 0 aliphatic rings. The monoisotopic (exact) mass is 316 g/mol. The second-order valence-corrected chi connectivity index (χ2v) is 8.51. The molecule has 0 aromatic heterocycles. The summed E-state index contributed by atoms with van der Waals surface area (Å²) in [6.45, 7) is 5.73. The summed E-state index contributed by atoms with van der Waals surface area (Å²) in [5.41, 5.74) is 1.72. The van der Waals surface area contributed by atoms with Crippen LogP contribution in [0.5, 0.6) is 0 Å². The smallest absolute Gasteiger partial charge is 0.179 e. The van der Waals surface area contributed by atoms with E-state index in [0.717, 1.165) is 11.8 Å². The Morgan fingerprint density at radius 1 is 0.955 bits per heavy atom. The lowest BCUT2D eigenvalue weighted by Gasteiger charge is -2.19. The lowest BCUT2D eigenvalue weighted by atomic mass is 10.0. The Bertz CT molecular complexity index is 767. The fourth-order valence-electron chi connectivity index (χ4n) is 2.37. The van der Waals surface area contributed by atoms with Crippen molar-refractivity contribution in [2.24, 2.45) is 5.41 Å². The Kier molecular flexibility index (Phi) is 4.52. The molecule has 0 amide bonds. The number of carbonyl (C=O) groups is 1. The van der Waals surface area contributed by atoms with Crippen LogP contribution in [0.25, 0.3) is 11.1 Å². The van der Waals surface area contributed by atoms with Gasteiger partial charge in [-0.15, -0.1) is 0 Å². The fourth-order valence-corrected chi connectivity index (χ4v) is 4.47. The van der Waals surface area contributed by atoms with Gasteiger partial charge in [-0.05, 0) is 17.0 Å². The molecule has 0 bridgehead atoms. The molecule has 0 saturated heterocycles. The zero-order chi connectivity index (χ0) is 16.4. The SMILES string of the molecule is CC(C)(C)CS(=O)(=O)c1ccccc1-c1ccc(C=O)cc1. The molecule has 0 aliphatic heterocycles. The van der Waals surface area contributed by atoms with Gasteiger partial charge < -0.3 is 0 Å². The first-order valence-corrected chi connectivity index (χ1v) is 8.76. The minimum atomic E-state index is -3.38. The quantitative estimate of drug-likeness (QED) is 0.802. The standard InChI is InChI=1S/C18H20O3S/c1-18(2,3)13-22(20,21)17-7-5-4-6-16(17)15-10-8-14(12-19)9-11-15/h4-12H,13H2,1-3H3. The van der Waals surface area contributed by atoms with Crippen LogP contribution in [-0.4, -0.2) is 20.5 Å². The van der Waals surface area contributed by atoms with Gasteiger partial charge in [0.05, 0.1) is 10.6 Å². The molecule has 3 nitrogen and oxygen atoms in total. The van der Waals surface area contributed by atoms with Gasteiger partial charge in [-0.3, -0.25) is 4.79 Å². The summed E-state index contributed by atoms with van der Waals surface area (Å²) in [5.74, 6) is 0.0867. The third-order valence-corrected chi connectivity index (χ3v) is 5.48. The number of carbonyl (C=O) groups excluding carboxylic acids is 1.